The number of hydrogen-bond acceptors (Lipinski definition) is 2. The molecule has 0 amide bonds. The molecule has 3 aliphatic rings. The monoisotopic (exact) mass is 323 g/mol. The van der Waals surface area contributed by atoms with Crippen LogP contribution in [0.25, 0.3) is 11.0 Å². The van der Waals surface area contributed by atoms with Crippen LogP contribution in [0.2, 0.25) is 0 Å². The summed E-state index contributed by atoms with van der Waals surface area (Å²) in [5.41, 5.74) is 4.14. The summed E-state index contributed by atoms with van der Waals surface area (Å²) in [4.78, 5) is 7.75. The molecule has 2 heterocycles. The molecule has 2 saturated carbocycles. The topological polar surface area (TPSA) is 21.1 Å². The van der Waals surface area contributed by atoms with Crippen LogP contribution in [-0.4, -0.2) is 33.6 Å². The summed E-state index contributed by atoms with van der Waals surface area (Å²) in [7, 11) is 0. The Balaban J connectivity index is 1.41. The van der Waals surface area contributed by atoms with Gasteiger partial charge in [0.25, 0.3) is 0 Å². The zero-order chi connectivity index (χ0) is 15.9. The van der Waals surface area contributed by atoms with Crippen LogP contribution in [0.1, 0.15) is 68.7 Å². The zero-order valence-corrected chi connectivity index (χ0v) is 14.7. The van der Waals surface area contributed by atoms with Gasteiger partial charge in [-0.3, -0.25) is 4.90 Å². The molecule has 24 heavy (non-hydrogen) atoms. The third-order valence-electron chi connectivity index (χ3n) is 6.75. The van der Waals surface area contributed by atoms with E-state index in [9.17, 15) is 0 Å². The van der Waals surface area contributed by atoms with Crippen LogP contribution in [0.4, 0.5) is 0 Å². The summed E-state index contributed by atoms with van der Waals surface area (Å²) in [6, 6.07) is 8.01. The van der Waals surface area contributed by atoms with Gasteiger partial charge in [0, 0.05) is 32.1 Å². The van der Waals surface area contributed by atoms with Crippen molar-refractivity contribution in [2.24, 2.45) is 0 Å². The Morgan fingerprint density at radius 2 is 1.75 bits per heavy atom. The van der Waals surface area contributed by atoms with Crippen molar-refractivity contribution in [2.45, 2.75) is 76.3 Å². The van der Waals surface area contributed by atoms with E-state index in [1.807, 2.05) is 0 Å². The van der Waals surface area contributed by atoms with Crippen molar-refractivity contribution in [3.63, 3.8) is 0 Å². The lowest BCUT2D eigenvalue weighted by atomic mass is 9.84. The van der Waals surface area contributed by atoms with Gasteiger partial charge in [-0.15, -0.1) is 0 Å². The Hall–Kier alpha value is -1.35. The molecular formula is C21H29N3. The number of imidazole rings is 1. The SMILES string of the molecule is c1cc2c(cc1C1CCCCC1)nc1n2CCN(C2CCC2)CC1. The number of aromatic nitrogens is 2. The largest absolute Gasteiger partial charge is 0.327 e. The maximum absolute atomic E-state index is 5.04. The van der Waals surface area contributed by atoms with Crippen molar-refractivity contribution in [3.8, 4) is 0 Å². The summed E-state index contributed by atoms with van der Waals surface area (Å²) >= 11 is 0. The maximum Gasteiger partial charge on any atom is 0.111 e. The Bertz CT molecular complexity index is 722. The summed E-state index contributed by atoms with van der Waals surface area (Å²) in [5.74, 6) is 2.09. The molecule has 0 spiro atoms. The molecule has 2 fully saturated rings. The van der Waals surface area contributed by atoms with Crippen LogP contribution in [0.15, 0.2) is 18.2 Å². The second-order valence-corrected chi connectivity index (χ2v) is 8.13. The summed E-state index contributed by atoms with van der Waals surface area (Å²) in [6.07, 6.45) is 12.3. The van der Waals surface area contributed by atoms with Gasteiger partial charge in [0.15, 0.2) is 0 Å². The molecule has 3 heteroatoms. The highest BCUT2D eigenvalue weighted by molar-refractivity contribution is 5.77. The summed E-state index contributed by atoms with van der Waals surface area (Å²) < 4.78 is 2.50. The Morgan fingerprint density at radius 3 is 2.54 bits per heavy atom. The van der Waals surface area contributed by atoms with Crippen molar-refractivity contribution < 1.29 is 0 Å². The van der Waals surface area contributed by atoms with E-state index in [1.165, 1.54) is 86.9 Å². The highest BCUT2D eigenvalue weighted by Crippen LogP contribution is 2.34. The van der Waals surface area contributed by atoms with E-state index in [-0.39, 0.29) is 0 Å². The highest BCUT2D eigenvalue weighted by Gasteiger charge is 2.27. The van der Waals surface area contributed by atoms with E-state index in [2.05, 4.69) is 27.7 Å². The third-order valence-corrected chi connectivity index (χ3v) is 6.75. The van der Waals surface area contributed by atoms with E-state index >= 15 is 0 Å². The smallest absolute Gasteiger partial charge is 0.111 e. The van der Waals surface area contributed by atoms with Gasteiger partial charge in [-0.25, -0.2) is 4.98 Å². The van der Waals surface area contributed by atoms with Gasteiger partial charge in [-0.05, 0) is 49.3 Å². The fourth-order valence-electron chi connectivity index (χ4n) is 5.03. The molecule has 3 nitrogen and oxygen atoms in total. The van der Waals surface area contributed by atoms with Crippen molar-refractivity contribution in [3.05, 3.63) is 29.6 Å². The van der Waals surface area contributed by atoms with Crippen molar-refractivity contribution in [2.75, 3.05) is 13.1 Å². The molecule has 0 bridgehead atoms. The second kappa shape index (κ2) is 6.18. The first-order valence-corrected chi connectivity index (χ1v) is 10.1. The first kappa shape index (κ1) is 14.9. The minimum absolute atomic E-state index is 0.777. The molecule has 0 unspecified atom stereocenters. The molecule has 2 aromatic rings. The van der Waals surface area contributed by atoms with Crippen molar-refractivity contribution in [1.82, 2.24) is 14.5 Å². The average molecular weight is 323 g/mol. The van der Waals surface area contributed by atoms with Crippen LogP contribution < -0.4 is 0 Å². The predicted molar refractivity (Wildman–Crippen MR) is 98.5 cm³/mol. The van der Waals surface area contributed by atoms with E-state index in [0.29, 0.717) is 0 Å². The van der Waals surface area contributed by atoms with Crippen LogP contribution in [0.5, 0.6) is 0 Å². The fourth-order valence-corrected chi connectivity index (χ4v) is 5.03. The lowest BCUT2D eigenvalue weighted by Crippen LogP contribution is -2.41. The highest BCUT2D eigenvalue weighted by atomic mass is 15.2. The number of hydrogen-bond donors (Lipinski definition) is 0. The van der Waals surface area contributed by atoms with Crippen LogP contribution >= 0.6 is 0 Å². The molecule has 128 valence electrons. The Labute approximate surface area is 145 Å². The van der Waals surface area contributed by atoms with E-state index in [0.717, 1.165) is 24.9 Å². The summed E-state index contributed by atoms with van der Waals surface area (Å²) in [5, 5.41) is 0. The van der Waals surface area contributed by atoms with Gasteiger partial charge in [0.05, 0.1) is 11.0 Å². The average Bonchev–Trinajstić information content (AvgIpc) is 2.81. The molecule has 2 aliphatic carbocycles. The van der Waals surface area contributed by atoms with Gasteiger partial charge in [-0.1, -0.05) is 31.7 Å². The molecule has 0 N–H and O–H groups in total. The standard InChI is InChI=1S/C21H29N3/c1-2-5-16(6-3-1)17-9-10-20-19(15-17)22-21-11-12-23(13-14-24(20)21)18-7-4-8-18/h9-10,15-16,18H,1-8,11-14H2. The van der Waals surface area contributed by atoms with Crippen molar-refractivity contribution >= 4 is 11.0 Å². The Morgan fingerprint density at radius 1 is 0.875 bits per heavy atom. The Kier molecular flexibility index (Phi) is 3.85. The third kappa shape index (κ3) is 2.57. The van der Waals surface area contributed by atoms with Gasteiger partial charge < -0.3 is 4.57 Å². The normalized spacial score (nSPS) is 23.8. The van der Waals surface area contributed by atoms with Crippen LogP contribution in [0.3, 0.4) is 0 Å². The molecule has 1 aliphatic heterocycles. The molecule has 0 saturated heterocycles. The quantitative estimate of drug-likeness (QED) is 0.811. The van der Waals surface area contributed by atoms with E-state index in [1.54, 1.807) is 0 Å². The van der Waals surface area contributed by atoms with Gasteiger partial charge in [-0.2, -0.15) is 0 Å². The zero-order valence-electron chi connectivity index (χ0n) is 14.7. The number of fused-ring (bicyclic) bond motifs is 3. The molecule has 1 aromatic heterocycles. The maximum atomic E-state index is 5.04. The van der Waals surface area contributed by atoms with Crippen LogP contribution in [-0.2, 0) is 13.0 Å². The predicted octanol–water partition coefficient (Wildman–Crippen LogP) is 4.49. The number of nitrogens with zero attached hydrogens (tertiary/aromatic N) is 3. The van der Waals surface area contributed by atoms with E-state index in [4.69, 9.17) is 4.98 Å². The summed E-state index contributed by atoms with van der Waals surface area (Å²) in [6.45, 7) is 3.52. The number of benzene rings is 1. The van der Waals surface area contributed by atoms with Crippen LogP contribution in [0, 0.1) is 0 Å². The first-order valence-electron chi connectivity index (χ1n) is 10.1. The van der Waals surface area contributed by atoms with E-state index < -0.39 is 0 Å². The molecule has 0 atom stereocenters. The van der Waals surface area contributed by atoms with Gasteiger partial charge >= 0.3 is 0 Å². The first-order chi connectivity index (χ1) is 11.9. The van der Waals surface area contributed by atoms with Crippen molar-refractivity contribution in [1.29, 1.82) is 0 Å². The minimum Gasteiger partial charge on any atom is -0.327 e. The molecule has 5 rings (SSSR count). The van der Waals surface area contributed by atoms with Gasteiger partial charge in [0.2, 0.25) is 0 Å². The lowest BCUT2D eigenvalue weighted by Gasteiger charge is -2.36. The second-order valence-electron chi connectivity index (χ2n) is 8.13. The lowest BCUT2D eigenvalue weighted by molar-refractivity contribution is 0.130. The minimum atomic E-state index is 0.777. The molecule has 0 radical (unpaired) electrons. The molecular weight excluding hydrogens is 294 g/mol. The van der Waals surface area contributed by atoms with Gasteiger partial charge in [0.1, 0.15) is 5.82 Å². The molecule has 1 aromatic carbocycles. The number of rotatable bonds is 2. The fraction of sp³-hybridized carbons (Fsp3) is 0.667.